The van der Waals surface area contributed by atoms with Gasteiger partial charge in [0.2, 0.25) is 0 Å². The van der Waals surface area contributed by atoms with Crippen molar-refractivity contribution in [1.29, 1.82) is 0 Å². The van der Waals surface area contributed by atoms with Gasteiger partial charge in [-0.1, -0.05) is 155 Å². The zero-order valence-corrected chi connectivity index (χ0v) is 23.1. The van der Waals surface area contributed by atoms with Gasteiger partial charge in [0.25, 0.3) is 0 Å². The lowest BCUT2D eigenvalue weighted by atomic mass is 10.1. The Morgan fingerprint density at radius 1 is 0.333 bits per heavy atom. The van der Waals surface area contributed by atoms with Crippen LogP contribution in [0.2, 0.25) is 0 Å². The van der Waals surface area contributed by atoms with Gasteiger partial charge in [-0.05, 0) is 12.8 Å². The Morgan fingerprint density at radius 2 is 0.545 bits per heavy atom. The molecule has 0 rings (SSSR count). The first-order valence-corrected chi connectivity index (χ1v) is 15.1. The molecule has 0 aliphatic rings. The molecule has 3 heteroatoms. The van der Waals surface area contributed by atoms with Crippen molar-refractivity contribution in [2.75, 3.05) is 26.4 Å². The number of hydrogen-bond donors (Lipinski definition) is 2. The molecule has 202 valence electrons. The van der Waals surface area contributed by atoms with E-state index in [0.717, 1.165) is 13.2 Å². The Bertz CT molecular complexity index is 268. The molecule has 0 atom stereocenters. The second-order valence-electron chi connectivity index (χ2n) is 9.84. The SMILES string of the molecule is CCCCCCCCCCCCCCOCCCCCCCCCCCCCC.OCCO. The van der Waals surface area contributed by atoms with Gasteiger partial charge in [0.15, 0.2) is 0 Å². The van der Waals surface area contributed by atoms with Crippen LogP contribution in [0, 0.1) is 0 Å². The Hall–Kier alpha value is -0.120. The maximum Gasteiger partial charge on any atom is 0.0662 e. The van der Waals surface area contributed by atoms with Crippen LogP contribution in [-0.2, 0) is 4.74 Å². The van der Waals surface area contributed by atoms with Gasteiger partial charge in [-0.15, -0.1) is 0 Å². The lowest BCUT2D eigenvalue weighted by Gasteiger charge is -2.05. The summed E-state index contributed by atoms with van der Waals surface area (Å²) in [6.07, 6.45) is 34.1. The second-order valence-corrected chi connectivity index (χ2v) is 9.84. The minimum absolute atomic E-state index is 0.125. The van der Waals surface area contributed by atoms with Crippen LogP contribution in [0.15, 0.2) is 0 Å². The molecule has 0 aliphatic carbocycles. The molecule has 33 heavy (non-hydrogen) atoms. The van der Waals surface area contributed by atoms with Crippen LogP contribution < -0.4 is 0 Å². The van der Waals surface area contributed by atoms with E-state index >= 15 is 0 Å². The molecule has 0 aromatic heterocycles. The Kier molecular flexibility index (Phi) is 38.7. The fourth-order valence-corrected chi connectivity index (χ4v) is 4.19. The van der Waals surface area contributed by atoms with Gasteiger partial charge >= 0.3 is 0 Å². The molecule has 0 amide bonds. The summed E-state index contributed by atoms with van der Waals surface area (Å²) in [7, 11) is 0. The van der Waals surface area contributed by atoms with E-state index in [9.17, 15) is 0 Å². The minimum Gasteiger partial charge on any atom is -0.394 e. The van der Waals surface area contributed by atoms with Crippen molar-refractivity contribution in [1.82, 2.24) is 0 Å². The molecule has 0 heterocycles. The highest BCUT2D eigenvalue weighted by Crippen LogP contribution is 2.13. The number of unbranched alkanes of at least 4 members (excludes halogenated alkanes) is 22. The van der Waals surface area contributed by atoms with Crippen molar-refractivity contribution < 1.29 is 14.9 Å². The molecule has 0 bridgehead atoms. The number of ether oxygens (including phenoxy) is 1. The molecule has 2 N–H and O–H groups in total. The van der Waals surface area contributed by atoms with Crippen LogP contribution in [0.4, 0.5) is 0 Å². The van der Waals surface area contributed by atoms with E-state index in [0.29, 0.717) is 0 Å². The normalized spacial score (nSPS) is 10.9. The fourth-order valence-electron chi connectivity index (χ4n) is 4.19. The third-order valence-corrected chi connectivity index (χ3v) is 6.38. The molecule has 0 aromatic rings. The van der Waals surface area contributed by atoms with Crippen LogP contribution in [0.1, 0.15) is 168 Å². The molecule has 0 saturated carbocycles. The standard InChI is InChI=1S/C28H58O.C2H6O2/c1-3-5-7-9-11-13-15-17-19-21-23-25-27-29-28-26-24-22-20-18-16-14-12-10-8-6-4-2;3-1-2-4/h3-28H2,1-2H3;3-4H,1-2H2. The molecule has 0 saturated heterocycles. The molecule has 0 radical (unpaired) electrons. The topological polar surface area (TPSA) is 49.7 Å². The third-order valence-electron chi connectivity index (χ3n) is 6.38. The van der Waals surface area contributed by atoms with Gasteiger partial charge in [0.1, 0.15) is 0 Å². The Balaban J connectivity index is 0. The molecular weight excluding hydrogens is 408 g/mol. The molecule has 0 aliphatic heterocycles. The summed E-state index contributed by atoms with van der Waals surface area (Å²) < 4.78 is 5.82. The third kappa shape index (κ3) is 39.4. The van der Waals surface area contributed by atoms with Gasteiger partial charge in [-0.2, -0.15) is 0 Å². The monoisotopic (exact) mass is 472 g/mol. The van der Waals surface area contributed by atoms with E-state index in [4.69, 9.17) is 14.9 Å². The van der Waals surface area contributed by atoms with Crippen LogP contribution in [0.25, 0.3) is 0 Å². The van der Waals surface area contributed by atoms with Crippen molar-refractivity contribution in [3.63, 3.8) is 0 Å². The van der Waals surface area contributed by atoms with E-state index in [2.05, 4.69) is 13.8 Å². The summed E-state index contributed by atoms with van der Waals surface area (Å²) in [4.78, 5) is 0. The summed E-state index contributed by atoms with van der Waals surface area (Å²) in [5.41, 5.74) is 0. The molecule has 0 fully saturated rings. The number of aliphatic hydroxyl groups is 2. The molecule has 3 nitrogen and oxygen atoms in total. The first-order valence-electron chi connectivity index (χ1n) is 15.1. The Labute approximate surface area is 209 Å². The summed E-state index contributed by atoms with van der Waals surface area (Å²) >= 11 is 0. The van der Waals surface area contributed by atoms with Crippen LogP contribution in [0.3, 0.4) is 0 Å². The van der Waals surface area contributed by atoms with Crippen LogP contribution >= 0.6 is 0 Å². The van der Waals surface area contributed by atoms with Crippen molar-refractivity contribution in [3.05, 3.63) is 0 Å². The minimum atomic E-state index is -0.125. The highest BCUT2D eigenvalue weighted by Gasteiger charge is 1.96. The second kappa shape index (κ2) is 36.4. The molecular formula is C30H64O3. The van der Waals surface area contributed by atoms with E-state index < -0.39 is 0 Å². The van der Waals surface area contributed by atoms with Crippen molar-refractivity contribution >= 4 is 0 Å². The molecule has 0 spiro atoms. The Morgan fingerprint density at radius 3 is 0.758 bits per heavy atom. The van der Waals surface area contributed by atoms with Gasteiger partial charge in [-0.3, -0.25) is 0 Å². The number of rotatable bonds is 27. The zero-order valence-electron chi connectivity index (χ0n) is 23.1. The van der Waals surface area contributed by atoms with Crippen molar-refractivity contribution in [2.24, 2.45) is 0 Å². The van der Waals surface area contributed by atoms with E-state index in [-0.39, 0.29) is 13.2 Å². The zero-order chi connectivity index (χ0) is 24.5. The molecule has 0 aromatic carbocycles. The lowest BCUT2D eigenvalue weighted by Crippen LogP contribution is -1.97. The highest BCUT2D eigenvalue weighted by molar-refractivity contribution is 4.50. The van der Waals surface area contributed by atoms with Gasteiger partial charge in [-0.25, -0.2) is 0 Å². The maximum atomic E-state index is 7.62. The maximum absolute atomic E-state index is 7.62. The van der Waals surface area contributed by atoms with Gasteiger partial charge in [0, 0.05) is 13.2 Å². The average molecular weight is 473 g/mol. The van der Waals surface area contributed by atoms with Gasteiger partial charge in [0.05, 0.1) is 13.2 Å². The van der Waals surface area contributed by atoms with E-state index in [1.807, 2.05) is 0 Å². The smallest absolute Gasteiger partial charge is 0.0662 e. The summed E-state index contributed by atoms with van der Waals surface area (Å²) in [5, 5.41) is 15.2. The van der Waals surface area contributed by atoms with Crippen molar-refractivity contribution in [2.45, 2.75) is 168 Å². The number of hydrogen-bond acceptors (Lipinski definition) is 3. The molecule has 0 unspecified atom stereocenters. The van der Waals surface area contributed by atoms with E-state index in [1.165, 1.54) is 154 Å². The number of aliphatic hydroxyl groups excluding tert-OH is 2. The summed E-state index contributed by atoms with van der Waals surface area (Å²) in [6.45, 7) is 6.33. The van der Waals surface area contributed by atoms with Crippen LogP contribution in [0.5, 0.6) is 0 Å². The average Bonchev–Trinajstić information content (AvgIpc) is 2.84. The highest BCUT2D eigenvalue weighted by atomic mass is 16.5. The van der Waals surface area contributed by atoms with Crippen LogP contribution in [-0.4, -0.2) is 36.6 Å². The van der Waals surface area contributed by atoms with Gasteiger partial charge < -0.3 is 14.9 Å². The predicted octanol–water partition coefficient (Wildman–Crippen LogP) is 9.38. The van der Waals surface area contributed by atoms with Crippen molar-refractivity contribution in [3.8, 4) is 0 Å². The first kappa shape index (κ1) is 35.0. The summed E-state index contributed by atoms with van der Waals surface area (Å²) in [6, 6.07) is 0. The van der Waals surface area contributed by atoms with E-state index in [1.54, 1.807) is 0 Å². The summed E-state index contributed by atoms with van der Waals surface area (Å²) in [5.74, 6) is 0. The predicted molar refractivity (Wildman–Crippen MR) is 147 cm³/mol. The first-order chi connectivity index (χ1) is 16.3. The largest absolute Gasteiger partial charge is 0.394 e. The fraction of sp³-hybridized carbons (Fsp3) is 1.00. The quantitative estimate of drug-likeness (QED) is 0.117. The lowest BCUT2D eigenvalue weighted by molar-refractivity contribution is 0.125.